The van der Waals surface area contributed by atoms with E-state index in [1.54, 1.807) is 18.3 Å². The van der Waals surface area contributed by atoms with Gasteiger partial charge in [0.25, 0.3) is 5.91 Å². The van der Waals surface area contributed by atoms with Gasteiger partial charge in [0, 0.05) is 11.8 Å². The Morgan fingerprint density at radius 2 is 2.25 bits per heavy atom. The van der Waals surface area contributed by atoms with Crippen LogP contribution >= 0.6 is 0 Å². The van der Waals surface area contributed by atoms with Gasteiger partial charge in [0.05, 0.1) is 17.4 Å². The molecule has 2 aromatic rings. The van der Waals surface area contributed by atoms with E-state index in [1.165, 1.54) is 18.3 Å². The Labute approximate surface area is 115 Å². The van der Waals surface area contributed by atoms with Gasteiger partial charge in [0.2, 0.25) is 0 Å². The number of carbonyl (C=O) groups excluding carboxylic acids is 1. The molecular weight excluding hydrogens is 259 g/mol. The number of hydrogen-bond donors (Lipinski definition) is 2. The third kappa shape index (κ3) is 3.40. The van der Waals surface area contributed by atoms with Crippen molar-refractivity contribution < 1.29 is 14.3 Å². The Morgan fingerprint density at radius 3 is 2.90 bits per heavy atom. The summed E-state index contributed by atoms with van der Waals surface area (Å²) in [5.74, 6) is 3.77. The molecule has 2 rings (SSSR count). The number of aliphatic hydroxyl groups is 1. The quantitative estimate of drug-likeness (QED) is 0.818. The van der Waals surface area contributed by atoms with Gasteiger partial charge in [-0.2, -0.15) is 0 Å². The molecule has 0 aliphatic rings. The smallest absolute Gasteiger partial charge is 0.255 e. The van der Waals surface area contributed by atoms with Crippen LogP contribution in [0.25, 0.3) is 0 Å². The van der Waals surface area contributed by atoms with E-state index < -0.39 is 11.7 Å². The number of hydrogen-bond acceptors (Lipinski definition) is 3. The number of nitrogens with zero attached hydrogens (tertiary/aromatic N) is 1. The highest BCUT2D eigenvalue weighted by Gasteiger charge is 2.09. The van der Waals surface area contributed by atoms with Crippen molar-refractivity contribution >= 4 is 11.6 Å². The molecule has 0 radical (unpaired) electrons. The van der Waals surface area contributed by atoms with Crippen LogP contribution in [0.15, 0.2) is 42.7 Å². The zero-order chi connectivity index (χ0) is 14.4. The van der Waals surface area contributed by atoms with E-state index in [-0.39, 0.29) is 17.7 Å². The zero-order valence-corrected chi connectivity index (χ0v) is 10.4. The largest absolute Gasteiger partial charge is 0.384 e. The Kier molecular flexibility index (Phi) is 4.43. The Morgan fingerprint density at radius 1 is 1.40 bits per heavy atom. The number of halogens is 1. The van der Waals surface area contributed by atoms with Crippen LogP contribution in [-0.4, -0.2) is 22.6 Å². The van der Waals surface area contributed by atoms with Crippen LogP contribution in [0.4, 0.5) is 10.1 Å². The van der Waals surface area contributed by atoms with Gasteiger partial charge in [-0.25, -0.2) is 4.39 Å². The molecular formula is C15H11FN2O2. The van der Waals surface area contributed by atoms with E-state index in [2.05, 4.69) is 22.1 Å². The van der Waals surface area contributed by atoms with Crippen LogP contribution in [0.3, 0.4) is 0 Å². The molecule has 0 unspecified atom stereocenters. The monoisotopic (exact) mass is 270 g/mol. The number of benzene rings is 1. The number of pyridine rings is 1. The summed E-state index contributed by atoms with van der Waals surface area (Å²) in [4.78, 5) is 15.8. The molecule has 0 bridgehead atoms. The topological polar surface area (TPSA) is 62.2 Å². The van der Waals surface area contributed by atoms with Crippen molar-refractivity contribution in [3.05, 3.63) is 59.7 Å². The Bertz CT molecular complexity index is 675. The molecule has 5 heteroatoms. The van der Waals surface area contributed by atoms with Crippen molar-refractivity contribution in [3.8, 4) is 11.8 Å². The molecule has 0 fully saturated rings. The second kappa shape index (κ2) is 6.45. The average molecular weight is 270 g/mol. The second-order valence-corrected chi connectivity index (χ2v) is 3.85. The molecule has 0 atom stereocenters. The predicted octanol–water partition coefficient (Wildman–Crippen LogP) is 1.82. The average Bonchev–Trinajstić information content (AvgIpc) is 2.47. The van der Waals surface area contributed by atoms with Crippen LogP contribution in [0.5, 0.6) is 0 Å². The number of anilines is 1. The van der Waals surface area contributed by atoms with Gasteiger partial charge in [0.15, 0.2) is 0 Å². The lowest BCUT2D eigenvalue weighted by Gasteiger charge is -2.05. The second-order valence-electron chi connectivity index (χ2n) is 3.85. The molecule has 1 aromatic carbocycles. The van der Waals surface area contributed by atoms with E-state index >= 15 is 0 Å². The number of aliphatic hydroxyl groups excluding tert-OH is 1. The van der Waals surface area contributed by atoms with E-state index in [1.807, 2.05) is 0 Å². The third-order valence-electron chi connectivity index (χ3n) is 2.45. The van der Waals surface area contributed by atoms with Gasteiger partial charge in [-0.1, -0.05) is 11.8 Å². The fourth-order valence-electron chi connectivity index (χ4n) is 1.53. The highest BCUT2D eigenvalue weighted by Crippen LogP contribution is 2.12. The number of amides is 1. The summed E-state index contributed by atoms with van der Waals surface area (Å²) >= 11 is 0. The van der Waals surface area contributed by atoms with Gasteiger partial charge < -0.3 is 10.4 Å². The summed E-state index contributed by atoms with van der Waals surface area (Å²) in [5, 5.41) is 11.2. The number of rotatable bonds is 2. The van der Waals surface area contributed by atoms with Crippen molar-refractivity contribution in [1.29, 1.82) is 0 Å². The Hall–Kier alpha value is -2.71. The fourth-order valence-corrected chi connectivity index (χ4v) is 1.53. The highest BCUT2D eigenvalue weighted by atomic mass is 19.1. The minimum absolute atomic E-state index is 0.136. The fraction of sp³-hybridized carbons (Fsp3) is 0.0667. The van der Waals surface area contributed by atoms with Gasteiger partial charge in [0.1, 0.15) is 12.4 Å². The van der Waals surface area contributed by atoms with Gasteiger partial charge in [-0.05, 0) is 30.3 Å². The molecule has 0 aliphatic carbocycles. The summed E-state index contributed by atoms with van der Waals surface area (Å²) in [5.41, 5.74) is 0.847. The highest BCUT2D eigenvalue weighted by molar-refractivity contribution is 6.04. The van der Waals surface area contributed by atoms with E-state index in [0.29, 0.717) is 5.69 Å². The first-order valence-corrected chi connectivity index (χ1v) is 5.81. The molecule has 0 spiro atoms. The van der Waals surface area contributed by atoms with Crippen LogP contribution < -0.4 is 5.32 Å². The van der Waals surface area contributed by atoms with Crippen molar-refractivity contribution in [3.63, 3.8) is 0 Å². The molecule has 0 aliphatic heterocycles. The molecule has 0 saturated carbocycles. The predicted molar refractivity (Wildman–Crippen MR) is 72.6 cm³/mol. The molecule has 20 heavy (non-hydrogen) atoms. The minimum atomic E-state index is -0.607. The Balaban J connectivity index is 2.17. The van der Waals surface area contributed by atoms with E-state index in [4.69, 9.17) is 5.11 Å². The summed E-state index contributed by atoms with van der Waals surface area (Å²) in [7, 11) is 0. The van der Waals surface area contributed by atoms with Crippen LogP contribution in [0.1, 0.15) is 15.9 Å². The first kappa shape index (κ1) is 13.7. The van der Waals surface area contributed by atoms with Gasteiger partial charge in [-0.15, -0.1) is 0 Å². The summed E-state index contributed by atoms with van der Waals surface area (Å²) in [6.07, 6.45) is 3.08. The first-order chi connectivity index (χ1) is 9.70. The van der Waals surface area contributed by atoms with Crippen LogP contribution in [-0.2, 0) is 0 Å². The maximum absolute atomic E-state index is 13.7. The molecule has 2 N–H and O–H groups in total. The standard InChI is InChI=1S/C15H11FN2O2/c16-14-9-12(6-5-11(14)3-2-8-19)15(20)18-13-4-1-7-17-10-13/h1,4-7,9-10,19H,8H2,(H,18,20). The summed E-state index contributed by atoms with van der Waals surface area (Å²) in [6, 6.07) is 7.34. The lowest BCUT2D eigenvalue weighted by Crippen LogP contribution is -2.12. The van der Waals surface area contributed by atoms with Crippen LogP contribution in [0.2, 0.25) is 0 Å². The molecule has 1 heterocycles. The van der Waals surface area contributed by atoms with E-state index in [0.717, 1.165) is 6.07 Å². The molecule has 0 saturated heterocycles. The lowest BCUT2D eigenvalue weighted by molar-refractivity contribution is 0.102. The number of aromatic nitrogens is 1. The van der Waals surface area contributed by atoms with Gasteiger partial charge >= 0.3 is 0 Å². The van der Waals surface area contributed by atoms with Gasteiger partial charge in [-0.3, -0.25) is 9.78 Å². The van der Waals surface area contributed by atoms with Crippen molar-refractivity contribution in [2.75, 3.05) is 11.9 Å². The molecule has 1 amide bonds. The maximum atomic E-state index is 13.7. The maximum Gasteiger partial charge on any atom is 0.255 e. The zero-order valence-electron chi connectivity index (χ0n) is 10.4. The minimum Gasteiger partial charge on any atom is -0.384 e. The van der Waals surface area contributed by atoms with E-state index in [9.17, 15) is 9.18 Å². The van der Waals surface area contributed by atoms with Crippen LogP contribution in [0, 0.1) is 17.7 Å². The molecule has 100 valence electrons. The molecule has 4 nitrogen and oxygen atoms in total. The summed E-state index contributed by atoms with van der Waals surface area (Å²) in [6.45, 7) is -0.345. The first-order valence-electron chi connectivity index (χ1n) is 5.81. The lowest BCUT2D eigenvalue weighted by atomic mass is 10.1. The SMILES string of the molecule is O=C(Nc1cccnc1)c1ccc(C#CCO)c(F)c1. The number of nitrogens with one attached hydrogen (secondary N) is 1. The van der Waals surface area contributed by atoms with Crippen molar-refractivity contribution in [2.24, 2.45) is 0 Å². The third-order valence-corrected chi connectivity index (χ3v) is 2.45. The molecule has 1 aromatic heterocycles. The summed E-state index contributed by atoms with van der Waals surface area (Å²) < 4.78 is 13.7. The normalized spacial score (nSPS) is 9.50. The van der Waals surface area contributed by atoms with Crippen molar-refractivity contribution in [2.45, 2.75) is 0 Å². The number of carbonyl (C=O) groups is 1. The van der Waals surface area contributed by atoms with Crippen molar-refractivity contribution in [1.82, 2.24) is 4.98 Å².